The van der Waals surface area contributed by atoms with Crippen LogP contribution in [0.2, 0.25) is 0 Å². The monoisotopic (exact) mass is 210 g/mol. The van der Waals surface area contributed by atoms with Crippen LogP contribution in [0.3, 0.4) is 0 Å². The van der Waals surface area contributed by atoms with E-state index in [2.05, 4.69) is 55.3 Å². The summed E-state index contributed by atoms with van der Waals surface area (Å²) in [4.78, 5) is 2.22. The van der Waals surface area contributed by atoms with Gasteiger partial charge in [-0.15, -0.1) is 0 Å². The number of nitrogens with zero attached hydrogens (tertiary/aromatic N) is 2. The molecule has 0 aliphatic heterocycles. The zero-order chi connectivity index (χ0) is 11.5. The Kier molecular flexibility index (Phi) is 3.88. The number of nitrogens with one attached hydrogen (secondary N) is 2. The molecule has 0 aliphatic rings. The van der Waals surface area contributed by atoms with Crippen LogP contribution < -0.4 is 5.32 Å². The summed E-state index contributed by atoms with van der Waals surface area (Å²) in [6, 6.07) is 2.31. The second-order valence-corrected chi connectivity index (χ2v) is 4.82. The van der Waals surface area contributed by atoms with Gasteiger partial charge in [0.2, 0.25) is 0 Å². The molecule has 2 N–H and O–H groups in total. The lowest BCUT2D eigenvalue weighted by atomic mass is 10.0. The third kappa shape index (κ3) is 3.32. The van der Waals surface area contributed by atoms with Crippen LogP contribution in [0.25, 0.3) is 0 Å². The first-order valence-electron chi connectivity index (χ1n) is 5.33. The van der Waals surface area contributed by atoms with Gasteiger partial charge in [-0.2, -0.15) is 5.10 Å². The summed E-state index contributed by atoms with van der Waals surface area (Å²) < 4.78 is 0. The van der Waals surface area contributed by atoms with Gasteiger partial charge in [0.15, 0.2) is 0 Å². The minimum Gasteiger partial charge on any atom is -0.307 e. The van der Waals surface area contributed by atoms with Gasteiger partial charge in [-0.3, -0.25) is 5.10 Å². The van der Waals surface area contributed by atoms with Gasteiger partial charge >= 0.3 is 0 Å². The summed E-state index contributed by atoms with van der Waals surface area (Å²) in [5, 5.41) is 10.4. The minimum absolute atomic E-state index is 0.161. The van der Waals surface area contributed by atoms with Crippen LogP contribution in [-0.2, 0) is 0 Å². The van der Waals surface area contributed by atoms with Crippen molar-refractivity contribution in [2.24, 2.45) is 0 Å². The average Bonchev–Trinajstić information content (AvgIpc) is 2.66. The van der Waals surface area contributed by atoms with Crippen molar-refractivity contribution in [1.29, 1.82) is 0 Å². The van der Waals surface area contributed by atoms with E-state index >= 15 is 0 Å². The van der Waals surface area contributed by atoms with Crippen LogP contribution in [-0.4, -0.2) is 41.3 Å². The van der Waals surface area contributed by atoms with Gasteiger partial charge in [0.1, 0.15) is 0 Å². The number of hydrogen-bond donors (Lipinski definition) is 2. The summed E-state index contributed by atoms with van der Waals surface area (Å²) in [6.07, 6.45) is 1.78. The number of likely N-dealkylation sites (N-methyl/N-ethyl adjacent to an activating group) is 1. The van der Waals surface area contributed by atoms with Gasteiger partial charge in [0.05, 0.1) is 5.69 Å². The van der Waals surface area contributed by atoms with E-state index in [-0.39, 0.29) is 5.54 Å². The highest BCUT2D eigenvalue weighted by atomic mass is 15.2. The molecular weight excluding hydrogens is 188 g/mol. The highest BCUT2D eigenvalue weighted by molar-refractivity contribution is 5.03. The van der Waals surface area contributed by atoms with Crippen molar-refractivity contribution in [3.05, 3.63) is 18.0 Å². The molecule has 1 atom stereocenters. The van der Waals surface area contributed by atoms with Gasteiger partial charge < -0.3 is 10.2 Å². The van der Waals surface area contributed by atoms with Gasteiger partial charge in [-0.05, 0) is 40.9 Å². The molecule has 0 saturated carbocycles. The first-order valence-corrected chi connectivity index (χ1v) is 5.33. The first-order chi connectivity index (χ1) is 6.93. The summed E-state index contributed by atoms with van der Waals surface area (Å²) in [6.45, 7) is 7.53. The molecule has 0 amide bonds. The molecule has 15 heavy (non-hydrogen) atoms. The van der Waals surface area contributed by atoms with E-state index in [0.29, 0.717) is 6.04 Å². The van der Waals surface area contributed by atoms with Crippen LogP contribution in [0.5, 0.6) is 0 Å². The van der Waals surface area contributed by atoms with Crippen LogP contribution in [0, 0.1) is 0 Å². The first kappa shape index (κ1) is 12.2. The second kappa shape index (κ2) is 4.77. The standard InChI is InChI=1S/C11H22N4/c1-9(10-6-7-13-14-10)12-8-11(2,3)15(4)5/h6-7,9,12H,8H2,1-5H3,(H,13,14). The average molecular weight is 210 g/mol. The largest absolute Gasteiger partial charge is 0.307 e. The van der Waals surface area contributed by atoms with E-state index < -0.39 is 0 Å². The fraction of sp³-hybridized carbons (Fsp3) is 0.727. The Morgan fingerprint density at radius 1 is 1.53 bits per heavy atom. The molecule has 0 aliphatic carbocycles. The van der Waals surface area contributed by atoms with Crippen molar-refractivity contribution < 1.29 is 0 Å². The molecule has 0 spiro atoms. The Labute approximate surface area is 92.1 Å². The predicted octanol–water partition coefficient (Wildman–Crippen LogP) is 1.40. The third-order valence-corrected chi connectivity index (χ3v) is 3.04. The van der Waals surface area contributed by atoms with E-state index in [9.17, 15) is 0 Å². The molecular formula is C11H22N4. The van der Waals surface area contributed by atoms with E-state index in [1.54, 1.807) is 6.20 Å². The second-order valence-electron chi connectivity index (χ2n) is 4.82. The number of H-pyrrole nitrogens is 1. The number of aromatic amines is 1. The summed E-state index contributed by atoms with van der Waals surface area (Å²) in [5.74, 6) is 0. The SMILES string of the molecule is CC(NCC(C)(C)N(C)C)c1ccn[nH]1. The highest BCUT2D eigenvalue weighted by Crippen LogP contribution is 2.12. The Bertz CT molecular complexity index is 277. The summed E-state index contributed by atoms with van der Waals surface area (Å²) in [7, 11) is 4.20. The Hall–Kier alpha value is -0.870. The predicted molar refractivity (Wildman–Crippen MR) is 62.8 cm³/mol. The van der Waals surface area contributed by atoms with Crippen molar-refractivity contribution in [1.82, 2.24) is 20.4 Å². The van der Waals surface area contributed by atoms with Gasteiger partial charge in [-0.25, -0.2) is 0 Å². The fourth-order valence-electron chi connectivity index (χ4n) is 1.18. The number of aromatic nitrogens is 2. The lowest BCUT2D eigenvalue weighted by Gasteiger charge is -2.33. The molecule has 0 aromatic carbocycles. The van der Waals surface area contributed by atoms with Crippen molar-refractivity contribution in [3.8, 4) is 0 Å². The third-order valence-electron chi connectivity index (χ3n) is 3.04. The normalized spacial score (nSPS) is 14.5. The summed E-state index contributed by atoms with van der Waals surface area (Å²) >= 11 is 0. The van der Waals surface area contributed by atoms with Crippen molar-refractivity contribution in [2.45, 2.75) is 32.4 Å². The molecule has 1 aromatic heterocycles. The van der Waals surface area contributed by atoms with Gasteiger partial charge in [0.25, 0.3) is 0 Å². The summed E-state index contributed by atoms with van der Waals surface area (Å²) in [5.41, 5.74) is 1.29. The molecule has 0 radical (unpaired) electrons. The van der Waals surface area contributed by atoms with Crippen molar-refractivity contribution in [3.63, 3.8) is 0 Å². The van der Waals surface area contributed by atoms with Gasteiger partial charge in [0, 0.05) is 24.3 Å². The topological polar surface area (TPSA) is 44.0 Å². The van der Waals surface area contributed by atoms with Crippen molar-refractivity contribution >= 4 is 0 Å². The molecule has 0 saturated heterocycles. The molecule has 4 nitrogen and oxygen atoms in total. The van der Waals surface area contributed by atoms with E-state index in [1.165, 1.54) is 0 Å². The van der Waals surface area contributed by atoms with Gasteiger partial charge in [-0.1, -0.05) is 0 Å². The molecule has 1 rings (SSSR count). The van der Waals surface area contributed by atoms with Crippen LogP contribution in [0.1, 0.15) is 32.5 Å². The minimum atomic E-state index is 0.161. The molecule has 4 heteroatoms. The van der Waals surface area contributed by atoms with E-state index in [0.717, 1.165) is 12.2 Å². The zero-order valence-electron chi connectivity index (χ0n) is 10.3. The highest BCUT2D eigenvalue weighted by Gasteiger charge is 2.21. The molecule has 1 aromatic rings. The molecule has 1 unspecified atom stereocenters. The van der Waals surface area contributed by atoms with Crippen LogP contribution >= 0.6 is 0 Å². The maximum Gasteiger partial charge on any atom is 0.0518 e. The molecule has 1 heterocycles. The maximum atomic E-state index is 3.95. The lowest BCUT2D eigenvalue weighted by Crippen LogP contribution is -2.47. The maximum absolute atomic E-state index is 3.95. The Morgan fingerprint density at radius 2 is 2.20 bits per heavy atom. The number of rotatable bonds is 5. The van der Waals surface area contributed by atoms with Crippen molar-refractivity contribution in [2.75, 3.05) is 20.6 Å². The Balaban J connectivity index is 2.44. The van der Waals surface area contributed by atoms with Crippen LogP contribution in [0.4, 0.5) is 0 Å². The van der Waals surface area contributed by atoms with E-state index in [1.807, 2.05) is 6.07 Å². The van der Waals surface area contributed by atoms with E-state index in [4.69, 9.17) is 0 Å². The molecule has 0 fully saturated rings. The quantitative estimate of drug-likeness (QED) is 0.772. The number of hydrogen-bond acceptors (Lipinski definition) is 3. The Morgan fingerprint density at radius 3 is 2.67 bits per heavy atom. The molecule has 86 valence electrons. The molecule has 0 bridgehead atoms. The fourth-order valence-corrected chi connectivity index (χ4v) is 1.18. The lowest BCUT2D eigenvalue weighted by molar-refractivity contribution is 0.185. The zero-order valence-corrected chi connectivity index (χ0v) is 10.3. The smallest absolute Gasteiger partial charge is 0.0518 e. The van der Waals surface area contributed by atoms with Crippen LogP contribution in [0.15, 0.2) is 12.3 Å².